The monoisotopic (exact) mass is 112 g/mol. The first kappa shape index (κ1) is 7.28. The predicted octanol–water partition coefficient (Wildman–Crippen LogP) is 2.41. The predicted molar refractivity (Wildman–Crippen MR) is 35.8 cm³/mol. The molecule has 0 aliphatic carbocycles. The third-order valence-electron chi connectivity index (χ3n) is 0.878. The normalized spacial score (nSPS) is 8.38. The van der Waals surface area contributed by atoms with Crippen LogP contribution in [0.25, 0.3) is 0 Å². The van der Waals surface area contributed by atoms with Crippen LogP contribution in [0.3, 0.4) is 0 Å². The summed E-state index contributed by atoms with van der Waals surface area (Å²) >= 11 is 0. The molecule has 0 heterocycles. The summed E-state index contributed by atoms with van der Waals surface area (Å²) in [6.07, 6.45) is 0. The second-order valence-electron chi connectivity index (χ2n) is 2.13. The maximum Gasteiger partial charge on any atom is 0.116 e. The Hall–Kier alpha value is -0.720. The lowest BCUT2D eigenvalue weighted by molar-refractivity contribution is 0.417. The van der Waals surface area contributed by atoms with Gasteiger partial charge in [-0.1, -0.05) is 6.58 Å². The molecule has 0 aromatic heterocycles. The number of allylic oxidation sites excluding steroid dienone is 2. The fourth-order valence-electron chi connectivity index (χ4n) is 0.427. The summed E-state index contributed by atoms with van der Waals surface area (Å²) in [5, 5.41) is 8.98. The fourth-order valence-corrected chi connectivity index (χ4v) is 0.427. The Labute approximate surface area is 50.3 Å². The number of aliphatic hydroxyl groups is 1. The first-order valence-corrected chi connectivity index (χ1v) is 2.58. The second-order valence-corrected chi connectivity index (χ2v) is 2.13. The first-order chi connectivity index (χ1) is 3.55. The van der Waals surface area contributed by atoms with Crippen LogP contribution in [0.15, 0.2) is 23.5 Å². The molecular formula is C7H12O. The maximum absolute atomic E-state index is 8.98. The van der Waals surface area contributed by atoms with Gasteiger partial charge in [0, 0.05) is 0 Å². The smallest absolute Gasteiger partial charge is 0.116 e. The van der Waals surface area contributed by atoms with E-state index in [0.717, 1.165) is 11.1 Å². The Bertz CT molecular complexity index is 127. The molecule has 1 heteroatoms. The lowest BCUT2D eigenvalue weighted by Crippen LogP contribution is -1.83. The van der Waals surface area contributed by atoms with Gasteiger partial charge < -0.3 is 5.11 Å². The number of hydrogen-bond donors (Lipinski definition) is 1. The lowest BCUT2D eigenvalue weighted by atomic mass is 10.2. The molecule has 0 saturated carbocycles. The molecule has 0 aromatic carbocycles. The molecule has 0 atom stereocenters. The van der Waals surface area contributed by atoms with E-state index in [1.54, 1.807) is 6.92 Å². The van der Waals surface area contributed by atoms with E-state index in [1.807, 2.05) is 13.8 Å². The Morgan fingerprint density at radius 3 is 1.62 bits per heavy atom. The van der Waals surface area contributed by atoms with E-state index in [1.165, 1.54) is 0 Å². The number of hydrogen-bond acceptors (Lipinski definition) is 1. The van der Waals surface area contributed by atoms with Crippen LogP contribution in [0, 0.1) is 0 Å². The lowest BCUT2D eigenvalue weighted by Gasteiger charge is -1.97. The average Bonchev–Trinajstić information content (AvgIpc) is 1.64. The van der Waals surface area contributed by atoms with Crippen molar-refractivity contribution in [3.05, 3.63) is 23.5 Å². The van der Waals surface area contributed by atoms with Gasteiger partial charge in [0.2, 0.25) is 0 Å². The minimum absolute atomic E-state index is 0.324. The molecule has 0 radical (unpaired) electrons. The third kappa shape index (κ3) is 1.82. The van der Waals surface area contributed by atoms with Crippen LogP contribution in [0.4, 0.5) is 0 Å². The van der Waals surface area contributed by atoms with Crippen LogP contribution in [-0.2, 0) is 0 Å². The molecule has 0 saturated heterocycles. The largest absolute Gasteiger partial charge is 0.508 e. The zero-order chi connectivity index (χ0) is 6.73. The van der Waals surface area contributed by atoms with Gasteiger partial charge in [-0.25, -0.2) is 0 Å². The standard InChI is InChI=1S/C7H12O/c1-5(2)7(8)6(3)4/h8H,1H2,2-4H3. The van der Waals surface area contributed by atoms with Crippen LogP contribution >= 0.6 is 0 Å². The van der Waals surface area contributed by atoms with E-state index >= 15 is 0 Å². The van der Waals surface area contributed by atoms with E-state index in [2.05, 4.69) is 6.58 Å². The molecule has 1 nitrogen and oxygen atoms in total. The van der Waals surface area contributed by atoms with Crippen molar-refractivity contribution in [2.24, 2.45) is 0 Å². The van der Waals surface area contributed by atoms with E-state index in [0.29, 0.717) is 5.76 Å². The molecule has 0 aliphatic rings. The number of rotatable bonds is 1. The van der Waals surface area contributed by atoms with Crippen LogP contribution < -0.4 is 0 Å². The van der Waals surface area contributed by atoms with Crippen molar-refractivity contribution < 1.29 is 5.11 Å². The minimum atomic E-state index is 0.324. The van der Waals surface area contributed by atoms with Gasteiger partial charge in [0.15, 0.2) is 0 Å². The average molecular weight is 112 g/mol. The fraction of sp³-hybridized carbons (Fsp3) is 0.429. The Morgan fingerprint density at radius 1 is 1.25 bits per heavy atom. The Kier molecular flexibility index (Phi) is 2.32. The van der Waals surface area contributed by atoms with E-state index < -0.39 is 0 Å². The molecule has 0 aliphatic heterocycles. The topological polar surface area (TPSA) is 20.2 Å². The zero-order valence-corrected chi connectivity index (χ0v) is 5.65. The van der Waals surface area contributed by atoms with Gasteiger partial charge in [-0.2, -0.15) is 0 Å². The number of aliphatic hydroxyl groups excluding tert-OH is 1. The van der Waals surface area contributed by atoms with E-state index in [-0.39, 0.29) is 0 Å². The maximum atomic E-state index is 8.98. The van der Waals surface area contributed by atoms with E-state index in [4.69, 9.17) is 5.11 Å². The van der Waals surface area contributed by atoms with Gasteiger partial charge in [0.05, 0.1) is 0 Å². The first-order valence-electron chi connectivity index (χ1n) is 2.58. The molecule has 0 aromatic rings. The van der Waals surface area contributed by atoms with Gasteiger partial charge in [0.1, 0.15) is 5.76 Å². The molecule has 0 rings (SSSR count). The molecule has 0 bridgehead atoms. The highest BCUT2D eigenvalue weighted by Gasteiger charge is 1.92. The highest BCUT2D eigenvalue weighted by molar-refractivity contribution is 5.22. The van der Waals surface area contributed by atoms with Crippen molar-refractivity contribution in [3.8, 4) is 0 Å². The van der Waals surface area contributed by atoms with Gasteiger partial charge in [0.25, 0.3) is 0 Å². The summed E-state index contributed by atoms with van der Waals surface area (Å²) in [4.78, 5) is 0. The quantitative estimate of drug-likeness (QED) is 0.408. The van der Waals surface area contributed by atoms with Gasteiger partial charge >= 0.3 is 0 Å². The summed E-state index contributed by atoms with van der Waals surface area (Å²) in [7, 11) is 0. The SMILES string of the molecule is C=C(C)C(O)=C(C)C. The highest BCUT2D eigenvalue weighted by atomic mass is 16.3. The van der Waals surface area contributed by atoms with Crippen molar-refractivity contribution in [3.63, 3.8) is 0 Å². The molecule has 0 amide bonds. The van der Waals surface area contributed by atoms with Crippen LogP contribution in [0.5, 0.6) is 0 Å². The third-order valence-corrected chi connectivity index (χ3v) is 0.878. The van der Waals surface area contributed by atoms with Crippen molar-refractivity contribution in [1.29, 1.82) is 0 Å². The molecule has 1 N–H and O–H groups in total. The van der Waals surface area contributed by atoms with E-state index in [9.17, 15) is 0 Å². The molecule has 8 heavy (non-hydrogen) atoms. The summed E-state index contributed by atoms with van der Waals surface area (Å²) in [6, 6.07) is 0. The zero-order valence-electron chi connectivity index (χ0n) is 5.65. The van der Waals surface area contributed by atoms with Crippen molar-refractivity contribution >= 4 is 0 Å². The second kappa shape index (κ2) is 2.55. The molecule has 0 fully saturated rings. The molecule has 0 spiro atoms. The highest BCUT2D eigenvalue weighted by Crippen LogP contribution is 2.06. The Balaban J connectivity index is 4.23. The summed E-state index contributed by atoms with van der Waals surface area (Å²) in [5.41, 5.74) is 1.64. The van der Waals surface area contributed by atoms with Crippen molar-refractivity contribution in [1.82, 2.24) is 0 Å². The Morgan fingerprint density at radius 2 is 1.62 bits per heavy atom. The summed E-state index contributed by atoms with van der Waals surface area (Å²) in [5.74, 6) is 0.324. The molecule has 0 unspecified atom stereocenters. The summed E-state index contributed by atoms with van der Waals surface area (Å²) < 4.78 is 0. The molecule has 46 valence electrons. The summed E-state index contributed by atoms with van der Waals surface area (Å²) in [6.45, 7) is 9.05. The molecular weight excluding hydrogens is 100 g/mol. The minimum Gasteiger partial charge on any atom is -0.508 e. The van der Waals surface area contributed by atoms with Crippen LogP contribution in [0.2, 0.25) is 0 Å². The van der Waals surface area contributed by atoms with Gasteiger partial charge in [-0.3, -0.25) is 0 Å². The van der Waals surface area contributed by atoms with Gasteiger partial charge in [-0.15, -0.1) is 0 Å². The van der Waals surface area contributed by atoms with Gasteiger partial charge in [-0.05, 0) is 31.9 Å². The van der Waals surface area contributed by atoms with Crippen LogP contribution in [-0.4, -0.2) is 5.11 Å². The van der Waals surface area contributed by atoms with Crippen molar-refractivity contribution in [2.75, 3.05) is 0 Å². The van der Waals surface area contributed by atoms with Crippen LogP contribution in [0.1, 0.15) is 20.8 Å². The van der Waals surface area contributed by atoms with Crippen molar-refractivity contribution in [2.45, 2.75) is 20.8 Å².